The maximum absolute atomic E-state index is 13.6. The van der Waals surface area contributed by atoms with E-state index in [0.717, 1.165) is 12.8 Å². The lowest BCUT2D eigenvalue weighted by atomic mass is 10.2. The zero-order valence-corrected chi connectivity index (χ0v) is 10.6. The van der Waals surface area contributed by atoms with Crippen LogP contribution < -0.4 is 0 Å². The summed E-state index contributed by atoms with van der Waals surface area (Å²) in [5, 5.41) is 0.345. The molecule has 0 heterocycles. The first-order chi connectivity index (χ1) is 8.13. The van der Waals surface area contributed by atoms with Crippen LogP contribution in [0.5, 0.6) is 0 Å². The SMILES string of the molecule is O=C(CCl)N(Cc1c(F)cccc1Cl)C1CC1. The second kappa shape index (κ2) is 5.23. The van der Waals surface area contributed by atoms with Gasteiger partial charge in [0.2, 0.25) is 5.91 Å². The van der Waals surface area contributed by atoms with Gasteiger partial charge < -0.3 is 4.90 Å². The van der Waals surface area contributed by atoms with E-state index in [2.05, 4.69) is 0 Å². The third kappa shape index (κ3) is 2.90. The van der Waals surface area contributed by atoms with Gasteiger partial charge in [-0.2, -0.15) is 0 Å². The maximum atomic E-state index is 13.6. The van der Waals surface area contributed by atoms with Gasteiger partial charge in [-0.15, -0.1) is 11.6 Å². The van der Waals surface area contributed by atoms with Gasteiger partial charge in [-0.25, -0.2) is 4.39 Å². The highest BCUT2D eigenvalue weighted by Gasteiger charge is 2.32. The molecule has 0 aromatic heterocycles. The van der Waals surface area contributed by atoms with Gasteiger partial charge in [0.25, 0.3) is 0 Å². The molecule has 1 aromatic carbocycles. The molecule has 0 radical (unpaired) electrons. The Labute approximate surface area is 109 Å². The number of amides is 1. The molecule has 5 heteroatoms. The molecule has 17 heavy (non-hydrogen) atoms. The quantitative estimate of drug-likeness (QED) is 0.773. The summed E-state index contributed by atoms with van der Waals surface area (Å²) < 4.78 is 13.6. The minimum atomic E-state index is -0.384. The maximum Gasteiger partial charge on any atom is 0.238 e. The number of rotatable bonds is 4. The van der Waals surface area contributed by atoms with E-state index in [9.17, 15) is 9.18 Å². The summed E-state index contributed by atoms with van der Waals surface area (Å²) in [5.74, 6) is -0.637. The third-order valence-electron chi connectivity index (χ3n) is 2.81. The van der Waals surface area contributed by atoms with Crippen molar-refractivity contribution in [3.05, 3.63) is 34.6 Å². The van der Waals surface area contributed by atoms with Crippen molar-refractivity contribution in [1.29, 1.82) is 0 Å². The summed E-state index contributed by atoms with van der Waals surface area (Å²) in [7, 11) is 0. The van der Waals surface area contributed by atoms with E-state index in [-0.39, 0.29) is 30.2 Å². The molecule has 1 amide bonds. The minimum Gasteiger partial charge on any atom is -0.334 e. The van der Waals surface area contributed by atoms with Gasteiger partial charge in [0.05, 0.1) is 6.54 Å². The average Bonchev–Trinajstić information content (AvgIpc) is 3.12. The third-order valence-corrected chi connectivity index (χ3v) is 3.40. The summed E-state index contributed by atoms with van der Waals surface area (Å²) in [4.78, 5) is 13.3. The van der Waals surface area contributed by atoms with E-state index >= 15 is 0 Å². The zero-order chi connectivity index (χ0) is 12.4. The monoisotopic (exact) mass is 275 g/mol. The lowest BCUT2D eigenvalue weighted by molar-refractivity contribution is -0.129. The molecule has 0 aliphatic heterocycles. The number of carbonyl (C=O) groups is 1. The van der Waals surface area contributed by atoms with Crippen LogP contribution >= 0.6 is 23.2 Å². The molecule has 0 spiro atoms. The molecule has 1 fully saturated rings. The molecule has 0 N–H and O–H groups in total. The first-order valence-corrected chi connectivity index (χ1v) is 6.33. The summed E-state index contributed by atoms with van der Waals surface area (Å²) in [6.45, 7) is 0.196. The van der Waals surface area contributed by atoms with Gasteiger partial charge in [0.15, 0.2) is 0 Å². The second-order valence-corrected chi connectivity index (χ2v) is 4.76. The summed E-state index contributed by atoms with van der Waals surface area (Å²) >= 11 is 11.5. The number of alkyl halides is 1. The van der Waals surface area contributed by atoms with Crippen molar-refractivity contribution < 1.29 is 9.18 Å². The van der Waals surface area contributed by atoms with Crippen LogP contribution in [0.4, 0.5) is 4.39 Å². The first-order valence-electron chi connectivity index (χ1n) is 5.42. The Hall–Kier alpha value is -0.800. The highest BCUT2D eigenvalue weighted by atomic mass is 35.5. The number of hydrogen-bond acceptors (Lipinski definition) is 1. The Kier molecular flexibility index (Phi) is 3.89. The Morgan fingerprint density at radius 2 is 2.18 bits per heavy atom. The van der Waals surface area contributed by atoms with Gasteiger partial charge in [0, 0.05) is 16.6 Å². The van der Waals surface area contributed by atoms with Gasteiger partial charge in [-0.1, -0.05) is 17.7 Å². The van der Waals surface area contributed by atoms with E-state index in [1.807, 2.05) is 0 Å². The van der Waals surface area contributed by atoms with Crippen LogP contribution in [-0.4, -0.2) is 22.7 Å². The van der Waals surface area contributed by atoms with Gasteiger partial charge in [0.1, 0.15) is 11.7 Å². The van der Waals surface area contributed by atoms with E-state index in [1.165, 1.54) is 6.07 Å². The number of benzene rings is 1. The molecule has 2 nitrogen and oxygen atoms in total. The van der Waals surface area contributed by atoms with Crippen LogP contribution in [-0.2, 0) is 11.3 Å². The molecule has 1 saturated carbocycles. The molecule has 92 valence electrons. The molecule has 1 aliphatic rings. The predicted octanol–water partition coefficient (Wildman–Crippen LogP) is 3.21. The van der Waals surface area contributed by atoms with E-state index < -0.39 is 0 Å². The fraction of sp³-hybridized carbons (Fsp3) is 0.417. The van der Waals surface area contributed by atoms with Crippen LogP contribution in [0.1, 0.15) is 18.4 Å². The standard InChI is InChI=1S/C12H12Cl2FNO/c13-6-12(17)16(8-4-5-8)7-9-10(14)2-1-3-11(9)15/h1-3,8H,4-7H2. The molecule has 0 unspecified atom stereocenters. The van der Waals surface area contributed by atoms with Crippen molar-refractivity contribution in [2.24, 2.45) is 0 Å². The molecule has 0 atom stereocenters. The fourth-order valence-electron chi connectivity index (χ4n) is 1.74. The van der Waals surface area contributed by atoms with Gasteiger partial charge in [-0.3, -0.25) is 4.79 Å². The Morgan fingerprint density at radius 1 is 1.47 bits per heavy atom. The number of hydrogen-bond donors (Lipinski definition) is 0. The fourth-order valence-corrected chi connectivity index (χ4v) is 2.11. The van der Waals surface area contributed by atoms with Crippen LogP contribution in [0.15, 0.2) is 18.2 Å². The van der Waals surface area contributed by atoms with Gasteiger partial charge in [-0.05, 0) is 25.0 Å². The van der Waals surface area contributed by atoms with Crippen molar-refractivity contribution in [2.45, 2.75) is 25.4 Å². The average molecular weight is 276 g/mol. The largest absolute Gasteiger partial charge is 0.334 e. The van der Waals surface area contributed by atoms with Crippen LogP contribution in [0.2, 0.25) is 5.02 Å². The highest BCUT2D eigenvalue weighted by Crippen LogP contribution is 2.30. The van der Waals surface area contributed by atoms with Gasteiger partial charge >= 0.3 is 0 Å². The normalized spacial score (nSPS) is 14.8. The Morgan fingerprint density at radius 3 is 2.71 bits per heavy atom. The zero-order valence-electron chi connectivity index (χ0n) is 9.13. The van der Waals surface area contributed by atoms with E-state index in [1.54, 1.807) is 17.0 Å². The minimum absolute atomic E-state index is 0.0808. The lowest BCUT2D eigenvalue weighted by Gasteiger charge is -2.22. The predicted molar refractivity (Wildman–Crippen MR) is 65.7 cm³/mol. The van der Waals surface area contributed by atoms with Crippen molar-refractivity contribution >= 4 is 29.1 Å². The highest BCUT2D eigenvalue weighted by molar-refractivity contribution is 6.31. The van der Waals surface area contributed by atoms with Crippen LogP contribution in [0.3, 0.4) is 0 Å². The van der Waals surface area contributed by atoms with E-state index in [4.69, 9.17) is 23.2 Å². The first kappa shape index (κ1) is 12.7. The van der Waals surface area contributed by atoms with Crippen molar-refractivity contribution in [2.75, 3.05) is 5.88 Å². The van der Waals surface area contributed by atoms with Crippen molar-refractivity contribution in [3.63, 3.8) is 0 Å². The van der Waals surface area contributed by atoms with Crippen molar-refractivity contribution in [3.8, 4) is 0 Å². The molecule has 1 aliphatic carbocycles. The van der Waals surface area contributed by atoms with Crippen LogP contribution in [0.25, 0.3) is 0 Å². The molecule has 1 aromatic rings. The summed E-state index contributed by atoms with van der Waals surface area (Å²) in [6.07, 6.45) is 1.91. The van der Waals surface area contributed by atoms with E-state index in [0.29, 0.717) is 10.6 Å². The molecular formula is C12H12Cl2FNO. The molecular weight excluding hydrogens is 264 g/mol. The molecule has 0 bridgehead atoms. The van der Waals surface area contributed by atoms with Crippen molar-refractivity contribution in [1.82, 2.24) is 4.90 Å². The topological polar surface area (TPSA) is 20.3 Å². The number of halogens is 3. The molecule has 0 saturated heterocycles. The Balaban J connectivity index is 2.20. The Bertz CT molecular complexity index is 414. The second-order valence-electron chi connectivity index (χ2n) is 4.09. The summed E-state index contributed by atoms with van der Waals surface area (Å²) in [5.41, 5.74) is 0.361. The lowest BCUT2D eigenvalue weighted by Crippen LogP contribution is -2.33. The number of carbonyl (C=O) groups excluding carboxylic acids is 1. The van der Waals surface area contributed by atoms with Crippen LogP contribution in [0, 0.1) is 5.82 Å². The smallest absolute Gasteiger partial charge is 0.238 e. The summed E-state index contributed by atoms with van der Waals surface area (Å²) in [6, 6.07) is 4.71. The molecule has 2 rings (SSSR count). The number of nitrogens with zero attached hydrogens (tertiary/aromatic N) is 1.